The molecule has 1 aromatic heterocycles. The summed E-state index contributed by atoms with van der Waals surface area (Å²) in [5, 5.41) is 11.8. The topological polar surface area (TPSA) is 91.8 Å². The van der Waals surface area contributed by atoms with E-state index in [1.165, 1.54) is 24.2 Å². The molecule has 0 bridgehead atoms. The number of nitrogens with zero attached hydrogens (tertiary/aromatic N) is 2. The maximum atomic E-state index is 11.6. The molecular weight excluding hydrogens is 321 g/mol. The van der Waals surface area contributed by atoms with Crippen LogP contribution in [0.15, 0.2) is 12.3 Å². The van der Waals surface area contributed by atoms with Gasteiger partial charge >= 0.3 is 12.0 Å². The molecule has 0 radical (unpaired) electrons. The molecule has 7 nitrogen and oxygen atoms in total. The fraction of sp³-hybridized carbons (Fsp3) is 0.417. The molecule has 9 heteroatoms. The second-order valence-electron chi connectivity index (χ2n) is 4.09. The molecule has 21 heavy (non-hydrogen) atoms. The van der Waals surface area contributed by atoms with Crippen LogP contribution < -0.4 is 10.1 Å². The number of carboxylic acid groups (broad SMARTS) is 1. The van der Waals surface area contributed by atoms with Crippen molar-refractivity contribution in [2.45, 2.75) is 6.42 Å². The second kappa shape index (κ2) is 8.53. The molecule has 0 unspecified atom stereocenters. The van der Waals surface area contributed by atoms with E-state index >= 15 is 0 Å². The van der Waals surface area contributed by atoms with Crippen LogP contribution in [0.25, 0.3) is 0 Å². The van der Waals surface area contributed by atoms with Gasteiger partial charge in [-0.15, -0.1) is 0 Å². The minimum Gasteiger partial charge on any atom is -0.481 e. The van der Waals surface area contributed by atoms with Gasteiger partial charge in [-0.1, -0.05) is 23.2 Å². The first-order valence-electron chi connectivity index (χ1n) is 6.04. The van der Waals surface area contributed by atoms with E-state index in [1.807, 2.05) is 0 Å². The van der Waals surface area contributed by atoms with E-state index in [0.717, 1.165) is 0 Å². The fourth-order valence-corrected chi connectivity index (χ4v) is 1.75. The summed E-state index contributed by atoms with van der Waals surface area (Å²) >= 11 is 11.6. The number of ether oxygens (including phenoxy) is 1. The molecule has 0 fully saturated rings. The summed E-state index contributed by atoms with van der Waals surface area (Å²) in [6.45, 7) is 0.538. The number of aromatic nitrogens is 1. The van der Waals surface area contributed by atoms with Crippen LogP contribution >= 0.6 is 23.2 Å². The van der Waals surface area contributed by atoms with Crippen molar-refractivity contribution in [2.75, 3.05) is 26.7 Å². The average molecular weight is 336 g/mol. The van der Waals surface area contributed by atoms with Crippen LogP contribution in [0.4, 0.5) is 4.79 Å². The Bertz CT molecular complexity index is 513. The molecule has 1 heterocycles. The quantitative estimate of drug-likeness (QED) is 0.742. The van der Waals surface area contributed by atoms with Crippen LogP contribution in [0.1, 0.15) is 6.42 Å². The van der Waals surface area contributed by atoms with E-state index in [-0.39, 0.29) is 43.1 Å². The Hall–Kier alpha value is -1.73. The Labute approximate surface area is 131 Å². The third kappa shape index (κ3) is 6.50. The number of carbonyl (C=O) groups is 2. The molecule has 1 rings (SSSR count). The van der Waals surface area contributed by atoms with Gasteiger partial charge in [-0.25, -0.2) is 9.78 Å². The van der Waals surface area contributed by atoms with Gasteiger partial charge in [-0.3, -0.25) is 4.79 Å². The summed E-state index contributed by atoms with van der Waals surface area (Å²) in [5.41, 5.74) is 0. The monoisotopic (exact) mass is 335 g/mol. The lowest BCUT2D eigenvalue weighted by Gasteiger charge is -2.17. The minimum absolute atomic E-state index is 0.106. The maximum Gasteiger partial charge on any atom is 0.317 e. The molecule has 0 aliphatic rings. The zero-order valence-corrected chi connectivity index (χ0v) is 12.8. The Morgan fingerprint density at radius 1 is 1.48 bits per heavy atom. The van der Waals surface area contributed by atoms with Gasteiger partial charge in [-0.2, -0.15) is 0 Å². The Balaban J connectivity index is 2.27. The normalized spacial score (nSPS) is 10.0. The summed E-state index contributed by atoms with van der Waals surface area (Å²) in [5.74, 6) is -0.726. The number of carbonyl (C=O) groups excluding carboxylic acids is 1. The molecule has 1 aromatic rings. The maximum absolute atomic E-state index is 11.6. The van der Waals surface area contributed by atoms with Crippen molar-refractivity contribution in [2.24, 2.45) is 0 Å². The lowest BCUT2D eigenvalue weighted by Crippen LogP contribution is -2.40. The van der Waals surface area contributed by atoms with Crippen LogP contribution in [0.2, 0.25) is 10.0 Å². The van der Waals surface area contributed by atoms with Crippen molar-refractivity contribution in [1.82, 2.24) is 15.2 Å². The summed E-state index contributed by atoms with van der Waals surface area (Å²) in [4.78, 5) is 27.2. The number of halogens is 2. The van der Waals surface area contributed by atoms with Gasteiger partial charge < -0.3 is 20.1 Å². The van der Waals surface area contributed by atoms with Crippen LogP contribution in [0.5, 0.6) is 5.88 Å². The predicted octanol–water partition coefficient (Wildman–Crippen LogP) is 1.88. The SMILES string of the molecule is CN(CCC(=O)O)C(=O)NCCOc1ncc(Cl)cc1Cl. The van der Waals surface area contributed by atoms with Crippen molar-refractivity contribution in [3.8, 4) is 5.88 Å². The van der Waals surface area contributed by atoms with Gasteiger partial charge in [-0.05, 0) is 6.07 Å². The Kier molecular flexibility index (Phi) is 7.04. The van der Waals surface area contributed by atoms with Crippen LogP contribution in [-0.4, -0.2) is 53.7 Å². The fourth-order valence-electron chi connectivity index (χ4n) is 1.31. The largest absolute Gasteiger partial charge is 0.481 e. The van der Waals surface area contributed by atoms with Crippen molar-refractivity contribution in [1.29, 1.82) is 0 Å². The highest BCUT2D eigenvalue weighted by Crippen LogP contribution is 2.24. The summed E-state index contributed by atoms with van der Waals surface area (Å²) in [6, 6.07) is 1.12. The molecule has 0 saturated heterocycles. The third-order valence-electron chi connectivity index (χ3n) is 2.40. The van der Waals surface area contributed by atoms with Crippen molar-refractivity contribution < 1.29 is 19.4 Å². The predicted molar refractivity (Wildman–Crippen MR) is 78.0 cm³/mol. The standard InChI is InChI=1S/C12H15Cl2N3O4/c1-17(4-2-10(18)19)12(20)15-3-5-21-11-9(14)6-8(13)7-16-11/h6-7H,2-5H2,1H3,(H,15,20)(H,18,19). The van der Waals surface area contributed by atoms with E-state index in [2.05, 4.69) is 10.3 Å². The molecular formula is C12H15Cl2N3O4. The summed E-state index contributed by atoms with van der Waals surface area (Å²) in [6.07, 6.45) is 1.30. The minimum atomic E-state index is -0.957. The van der Waals surface area contributed by atoms with E-state index in [1.54, 1.807) is 0 Å². The lowest BCUT2D eigenvalue weighted by molar-refractivity contribution is -0.137. The molecule has 0 saturated carbocycles. The summed E-state index contributed by atoms with van der Waals surface area (Å²) < 4.78 is 5.29. The number of hydrogen-bond acceptors (Lipinski definition) is 4. The number of amides is 2. The molecule has 0 atom stereocenters. The summed E-state index contributed by atoms with van der Waals surface area (Å²) in [7, 11) is 1.51. The first-order chi connectivity index (χ1) is 9.90. The van der Waals surface area contributed by atoms with Gasteiger partial charge in [0.15, 0.2) is 0 Å². The number of pyridine rings is 1. The molecule has 2 amide bonds. The van der Waals surface area contributed by atoms with Gasteiger partial charge in [0.1, 0.15) is 11.6 Å². The van der Waals surface area contributed by atoms with Crippen molar-refractivity contribution in [3.63, 3.8) is 0 Å². The lowest BCUT2D eigenvalue weighted by atomic mass is 10.4. The third-order valence-corrected chi connectivity index (χ3v) is 2.88. The van der Waals surface area contributed by atoms with Crippen LogP contribution in [0.3, 0.4) is 0 Å². The van der Waals surface area contributed by atoms with Gasteiger partial charge in [0.25, 0.3) is 0 Å². The van der Waals surface area contributed by atoms with Gasteiger partial charge in [0, 0.05) is 19.8 Å². The number of nitrogens with one attached hydrogen (secondary N) is 1. The smallest absolute Gasteiger partial charge is 0.317 e. The Morgan fingerprint density at radius 2 is 2.19 bits per heavy atom. The highest BCUT2D eigenvalue weighted by molar-refractivity contribution is 6.35. The first-order valence-corrected chi connectivity index (χ1v) is 6.80. The molecule has 2 N–H and O–H groups in total. The van der Waals surface area contributed by atoms with Crippen molar-refractivity contribution in [3.05, 3.63) is 22.3 Å². The first kappa shape index (κ1) is 17.3. The van der Waals surface area contributed by atoms with Gasteiger partial charge in [0.2, 0.25) is 5.88 Å². The molecule has 0 aliphatic heterocycles. The highest BCUT2D eigenvalue weighted by Gasteiger charge is 2.09. The number of carboxylic acids is 1. The van der Waals surface area contributed by atoms with E-state index < -0.39 is 5.97 Å². The van der Waals surface area contributed by atoms with Gasteiger partial charge in [0.05, 0.1) is 18.0 Å². The number of urea groups is 1. The van der Waals surface area contributed by atoms with Crippen molar-refractivity contribution >= 4 is 35.2 Å². The molecule has 116 valence electrons. The van der Waals surface area contributed by atoms with Crippen LogP contribution in [-0.2, 0) is 4.79 Å². The Morgan fingerprint density at radius 3 is 2.81 bits per heavy atom. The zero-order valence-electron chi connectivity index (χ0n) is 11.3. The molecule has 0 aromatic carbocycles. The second-order valence-corrected chi connectivity index (χ2v) is 4.93. The van der Waals surface area contributed by atoms with E-state index in [0.29, 0.717) is 5.02 Å². The zero-order chi connectivity index (χ0) is 15.8. The highest BCUT2D eigenvalue weighted by atomic mass is 35.5. The molecule has 0 aliphatic carbocycles. The van der Waals surface area contributed by atoms with E-state index in [9.17, 15) is 9.59 Å². The van der Waals surface area contributed by atoms with E-state index in [4.69, 9.17) is 33.0 Å². The molecule has 0 spiro atoms. The number of hydrogen-bond donors (Lipinski definition) is 2. The number of rotatable bonds is 7. The number of aliphatic carboxylic acids is 1. The average Bonchev–Trinajstić information content (AvgIpc) is 2.42. The van der Waals surface area contributed by atoms with Crippen LogP contribution in [0, 0.1) is 0 Å².